The van der Waals surface area contributed by atoms with Gasteiger partial charge >= 0.3 is 6.18 Å². The summed E-state index contributed by atoms with van der Waals surface area (Å²) in [6.45, 7) is 2.03. The third-order valence-corrected chi connectivity index (χ3v) is 4.89. The number of thiophene rings is 1. The van der Waals surface area contributed by atoms with Gasteiger partial charge in [0, 0.05) is 25.8 Å². The van der Waals surface area contributed by atoms with Gasteiger partial charge in [-0.15, -0.1) is 11.3 Å². The van der Waals surface area contributed by atoms with Gasteiger partial charge in [-0.1, -0.05) is 35.3 Å². The van der Waals surface area contributed by atoms with E-state index in [-0.39, 0.29) is 11.6 Å². The summed E-state index contributed by atoms with van der Waals surface area (Å²) in [5.74, 6) is 0. The third-order valence-electron chi connectivity index (χ3n) is 3.14. The molecule has 1 nitrogen and oxygen atoms in total. The summed E-state index contributed by atoms with van der Waals surface area (Å²) >= 11 is 4.42. The highest BCUT2D eigenvalue weighted by atomic mass is 79.9. The summed E-state index contributed by atoms with van der Waals surface area (Å²) in [5.41, 5.74) is 5.60. The molecule has 0 aliphatic heterocycles. The first-order chi connectivity index (χ1) is 9.82. The molecule has 0 bridgehead atoms. The van der Waals surface area contributed by atoms with E-state index in [0.717, 1.165) is 23.8 Å². The maximum absolute atomic E-state index is 13.2. The first-order valence-electron chi connectivity index (χ1n) is 6.55. The maximum atomic E-state index is 13.2. The third kappa shape index (κ3) is 3.87. The molecule has 2 rings (SSSR count). The number of hydrogen-bond acceptors (Lipinski definition) is 2. The van der Waals surface area contributed by atoms with E-state index >= 15 is 0 Å². The molecule has 0 saturated carbocycles. The fraction of sp³-hybridized carbons (Fsp3) is 0.333. The van der Waals surface area contributed by atoms with Crippen molar-refractivity contribution in [3.63, 3.8) is 0 Å². The predicted molar refractivity (Wildman–Crippen MR) is 84.3 cm³/mol. The first kappa shape index (κ1) is 16.5. The number of benzene rings is 1. The second-order valence-electron chi connectivity index (χ2n) is 4.78. The summed E-state index contributed by atoms with van der Waals surface area (Å²) in [5, 5.41) is 0. The van der Waals surface area contributed by atoms with Crippen molar-refractivity contribution in [2.24, 2.45) is 5.73 Å². The molecule has 1 atom stereocenters. The van der Waals surface area contributed by atoms with Crippen LogP contribution >= 0.6 is 27.3 Å². The van der Waals surface area contributed by atoms with Gasteiger partial charge < -0.3 is 5.73 Å². The van der Waals surface area contributed by atoms with Crippen molar-refractivity contribution in [3.05, 3.63) is 45.2 Å². The minimum Gasteiger partial charge on any atom is -0.323 e. The number of halogens is 4. The molecule has 1 heterocycles. The molecule has 0 radical (unpaired) electrons. The number of alkyl halides is 3. The molecular weight excluding hydrogens is 363 g/mol. The van der Waals surface area contributed by atoms with Crippen LogP contribution in [0.15, 0.2) is 34.8 Å². The second-order valence-corrected chi connectivity index (χ2v) is 6.82. The van der Waals surface area contributed by atoms with Crippen LogP contribution in [-0.4, -0.2) is 0 Å². The predicted octanol–water partition coefficient (Wildman–Crippen LogP) is 6.00. The zero-order chi connectivity index (χ0) is 15.6. The standard InChI is InChI=1S/C15H15BrF3NS/c1-2-3-12(20)14-7-6-13(21-14)10-5-4-9(16)8-11(10)15(17,18)19/h4-8,12H,2-3,20H2,1H3. The molecule has 114 valence electrons. The van der Waals surface area contributed by atoms with Crippen molar-refractivity contribution >= 4 is 27.3 Å². The molecule has 0 fully saturated rings. The molecule has 0 saturated heterocycles. The van der Waals surface area contributed by atoms with Crippen LogP contribution in [0.1, 0.15) is 36.2 Å². The number of rotatable bonds is 4. The zero-order valence-electron chi connectivity index (χ0n) is 11.4. The van der Waals surface area contributed by atoms with Gasteiger partial charge in [0.25, 0.3) is 0 Å². The Morgan fingerprint density at radius 1 is 1.24 bits per heavy atom. The van der Waals surface area contributed by atoms with Crippen molar-refractivity contribution in [1.82, 2.24) is 0 Å². The number of hydrogen-bond donors (Lipinski definition) is 1. The summed E-state index contributed by atoms with van der Waals surface area (Å²) in [6, 6.07) is 7.65. The maximum Gasteiger partial charge on any atom is 0.417 e. The molecule has 0 spiro atoms. The normalized spacial score (nSPS) is 13.4. The van der Waals surface area contributed by atoms with Gasteiger partial charge in [0.1, 0.15) is 0 Å². The molecule has 0 aliphatic carbocycles. The largest absolute Gasteiger partial charge is 0.417 e. The summed E-state index contributed by atoms with van der Waals surface area (Å²) in [4.78, 5) is 1.51. The quantitative estimate of drug-likeness (QED) is 0.694. The molecule has 1 aromatic carbocycles. The Kier molecular flexibility index (Phi) is 5.11. The van der Waals surface area contributed by atoms with Gasteiger partial charge in [0.2, 0.25) is 0 Å². The fourth-order valence-electron chi connectivity index (χ4n) is 2.12. The molecule has 21 heavy (non-hydrogen) atoms. The van der Waals surface area contributed by atoms with Gasteiger partial charge in [0.05, 0.1) is 5.56 Å². The van der Waals surface area contributed by atoms with Crippen LogP contribution in [0.25, 0.3) is 10.4 Å². The van der Waals surface area contributed by atoms with E-state index in [0.29, 0.717) is 9.35 Å². The first-order valence-corrected chi connectivity index (χ1v) is 8.16. The zero-order valence-corrected chi connectivity index (χ0v) is 13.8. The SMILES string of the molecule is CCCC(N)c1ccc(-c2ccc(Br)cc2C(F)(F)F)s1. The lowest BCUT2D eigenvalue weighted by molar-refractivity contribution is -0.137. The average Bonchev–Trinajstić information content (AvgIpc) is 2.87. The highest BCUT2D eigenvalue weighted by Crippen LogP contribution is 2.41. The van der Waals surface area contributed by atoms with E-state index in [1.165, 1.54) is 17.4 Å². The van der Waals surface area contributed by atoms with Crippen molar-refractivity contribution < 1.29 is 13.2 Å². The van der Waals surface area contributed by atoms with E-state index in [2.05, 4.69) is 15.9 Å². The van der Waals surface area contributed by atoms with Crippen LogP contribution in [0.4, 0.5) is 13.2 Å². The molecule has 2 N–H and O–H groups in total. The lowest BCUT2D eigenvalue weighted by Crippen LogP contribution is -2.07. The van der Waals surface area contributed by atoms with Gasteiger partial charge in [-0.05, 0) is 30.7 Å². The summed E-state index contributed by atoms with van der Waals surface area (Å²) in [6.07, 6.45) is -2.61. The Hall–Kier alpha value is -0.850. The molecule has 0 aliphatic rings. The molecule has 0 amide bonds. The Morgan fingerprint density at radius 3 is 2.57 bits per heavy atom. The highest BCUT2D eigenvalue weighted by molar-refractivity contribution is 9.10. The topological polar surface area (TPSA) is 26.0 Å². The summed E-state index contributed by atoms with van der Waals surface area (Å²) < 4.78 is 39.9. The van der Waals surface area contributed by atoms with E-state index in [1.807, 2.05) is 13.0 Å². The van der Waals surface area contributed by atoms with Crippen LogP contribution in [0.2, 0.25) is 0 Å². The van der Waals surface area contributed by atoms with Crippen molar-refractivity contribution in [2.45, 2.75) is 32.0 Å². The monoisotopic (exact) mass is 377 g/mol. The fourth-order valence-corrected chi connectivity index (χ4v) is 3.56. The second kappa shape index (κ2) is 6.50. The average molecular weight is 378 g/mol. The Labute approximate surface area is 134 Å². The van der Waals surface area contributed by atoms with Gasteiger partial charge in [0.15, 0.2) is 0 Å². The van der Waals surface area contributed by atoms with Gasteiger partial charge in [-0.3, -0.25) is 0 Å². The molecule has 6 heteroatoms. The van der Waals surface area contributed by atoms with Crippen molar-refractivity contribution in [2.75, 3.05) is 0 Å². The van der Waals surface area contributed by atoms with Crippen molar-refractivity contribution in [1.29, 1.82) is 0 Å². The van der Waals surface area contributed by atoms with E-state index in [4.69, 9.17) is 5.73 Å². The molecule has 1 unspecified atom stereocenters. The lowest BCUT2D eigenvalue weighted by Gasteiger charge is -2.12. The minimum atomic E-state index is -4.38. The van der Waals surface area contributed by atoms with Gasteiger partial charge in [-0.25, -0.2) is 0 Å². The lowest BCUT2D eigenvalue weighted by atomic mass is 10.1. The van der Waals surface area contributed by atoms with Crippen LogP contribution in [0.3, 0.4) is 0 Å². The number of nitrogens with two attached hydrogens (primary N) is 1. The Bertz CT molecular complexity index is 622. The van der Waals surface area contributed by atoms with Crippen LogP contribution in [-0.2, 0) is 6.18 Å². The molecular formula is C15H15BrF3NS. The van der Waals surface area contributed by atoms with Crippen molar-refractivity contribution in [3.8, 4) is 10.4 Å². The van der Waals surface area contributed by atoms with E-state index < -0.39 is 11.7 Å². The summed E-state index contributed by atoms with van der Waals surface area (Å²) in [7, 11) is 0. The molecule has 1 aromatic heterocycles. The smallest absolute Gasteiger partial charge is 0.323 e. The Morgan fingerprint density at radius 2 is 1.95 bits per heavy atom. The van der Waals surface area contributed by atoms with E-state index in [1.54, 1.807) is 12.1 Å². The van der Waals surface area contributed by atoms with Gasteiger partial charge in [-0.2, -0.15) is 13.2 Å². The van der Waals surface area contributed by atoms with E-state index in [9.17, 15) is 13.2 Å². The van der Waals surface area contributed by atoms with Crippen LogP contribution in [0, 0.1) is 0 Å². The Balaban J connectivity index is 2.43. The van der Waals surface area contributed by atoms with Crippen LogP contribution < -0.4 is 5.73 Å². The molecule has 2 aromatic rings. The van der Waals surface area contributed by atoms with Crippen LogP contribution in [0.5, 0.6) is 0 Å². The minimum absolute atomic E-state index is 0.112. The highest BCUT2D eigenvalue weighted by Gasteiger charge is 2.34.